The third-order valence-corrected chi connectivity index (χ3v) is 7.25. The van der Waals surface area contributed by atoms with E-state index in [9.17, 15) is 4.79 Å². The van der Waals surface area contributed by atoms with Crippen LogP contribution in [0.1, 0.15) is 67.1 Å². The highest BCUT2D eigenvalue weighted by Crippen LogP contribution is 2.35. The van der Waals surface area contributed by atoms with Crippen molar-refractivity contribution in [3.63, 3.8) is 0 Å². The van der Waals surface area contributed by atoms with E-state index in [0.29, 0.717) is 18.9 Å². The number of aromatic nitrogens is 2. The quantitative estimate of drug-likeness (QED) is 0.732. The molecule has 1 aromatic heterocycles. The van der Waals surface area contributed by atoms with Crippen molar-refractivity contribution in [3.05, 3.63) is 46.9 Å². The number of rotatable bonds is 5. The largest absolute Gasteiger partial charge is 0.497 e. The maximum absolute atomic E-state index is 12.8. The molecule has 2 aromatic rings. The Morgan fingerprint density at radius 3 is 2.58 bits per heavy atom. The van der Waals surface area contributed by atoms with Gasteiger partial charge in [0, 0.05) is 29.8 Å². The summed E-state index contributed by atoms with van der Waals surface area (Å²) in [5.41, 5.74) is 3.03. The van der Waals surface area contributed by atoms with Gasteiger partial charge in [-0.3, -0.25) is 14.6 Å². The van der Waals surface area contributed by atoms with E-state index in [1.165, 1.54) is 38.6 Å². The number of anilines is 1. The first-order chi connectivity index (χ1) is 15.1. The fourth-order valence-corrected chi connectivity index (χ4v) is 5.47. The van der Waals surface area contributed by atoms with Crippen molar-refractivity contribution >= 4 is 11.7 Å². The highest BCUT2D eigenvalue weighted by atomic mass is 16.5. The zero-order valence-corrected chi connectivity index (χ0v) is 18.6. The van der Waals surface area contributed by atoms with E-state index in [4.69, 9.17) is 14.7 Å². The third kappa shape index (κ3) is 4.05. The molecule has 0 N–H and O–H groups in total. The van der Waals surface area contributed by atoms with Gasteiger partial charge in [0.25, 0.3) is 0 Å². The summed E-state index contributed by atoms with van der Waals surface area (Å²) >= 11 is 0. The number of carbonyl (C=O) groups excluding carboxylic acids is 1. The van der Waals surface area contributed by atoms with Gasteiger partial charge in [-0.25, -0.2) is 9.97 Å². The third-order valence-electron chi connectivity index (χ3n) is 7.25. The summed E-state index contributed by atoms with van der Waals surface area (Å²) in [4.78, 5) is 27.3. The molecule has 1 aliphatic carbocycles. The predicted octanol–water partition coefficient (Wildman–Crippen LogP) is 4.00. The van der Waals surface area contributed by atoms with Crippen LogP contribution in [0, 0.1) is 6.92 Å². The second kappa shape index (κ2) is 8.58. The van der Waals surface area contributed by atoms with Crippen LogP contribution in [-0.4, -0.2) is 47.0 Å². The zero-order chi connectivity index (χ0) is 21.4. The number of hydrogen-bond acceptors (Lipinski definition) is 5. The Morgan fingerprint density at radius 1 is 1.06 bits per heavy atom. The van der Waals surface area contributed by atoms with Crippen LogP contribution < -0.4 is 9.64 Å². The minimum atomic E-state index is 0.108. The molecule has 6 heteroatoms. The molecular weight excluding hydrogens is 388 g/mol. The standard InChI is InChI=1S/C25H32N4O2/c1-17-22-14-23(30)29(15-18-9-11-21(31-2)12-10-18)25(22)27-24(26-17)19-6-5-13-28(16-19)20-7-3-4-8-20/h9-12,19-20H,3-8,13-16H2,1-2H3/t19-/m0/s1. The molecule has 0 spiro atoms. The Bertz CT molecular complexity index is 953. The second-order valence-corrected chi connectivity index (χ2v) is 9.25. The van der Waals surface area contributed by atoms with E-state index in [-0.39, 0.29) is 5.91 Å². The van der Waals surface area contributed by atoms with Crippen LogP contribution in [-0.2, 0) is 17.8 Å². The number of ether oxygens (including phenoxy) is 1. The molecule has 0 radical (unpaired) electrons. The van der Waals surface area contributed by atoms with Crippen molar-refractivity contribution in [1.82, 2.24) is 14.9 Å². The average molecular weight is 421 g/mol. The van der Waals surface area contributed by atoms with Crippen LogP contribution in [0.5, 0.6) is 5.75 Å². The summed E-state index contributed by atoms with van der Waals surface area (Å²) in [6, 6.07) is 8.64. The number of fused-ring (bicyclic) bond motifs is 1. The number of benzene rings is 1. The van der Waals surface area contributed by atoms with Crippen LogP contribution in [0.15, 0.2) is 24.3 Å². The van der Waals surface area contributed by atoms with Crippen molar-refractivity contribution in [2.75, 3.05) is 25.1 Å². The number of carbonyl (C=O) groups is 1. The van der Waals surface area contributed by atoms with Gasteiger partial charge in [-0.05, 0) is 56.8 Å². The fourth-order valence-electron chi connectivity index (χ4n) is 5.47. The number of aryl methyl sites for hydroxylation is 1. The van der Waals surface area contributed by atoms with E-state index in [0.717, 1.165) is 53.2 Å². The predicted molar refractivity (Wildman–Crippen MR) is 120 cm³/mol. The van der Waals surface area contributed by atoms with Gasteiger partial charge in [0.2, 0.25) is 5.91 Å². The number of piperidine rings is 1. The van der Waals surface area contributed by atoms with E-state index in [1.807, 2.05) is 36.1 Å². The van der Waals surface area contributed by atoms with Gasteiger partial charge in [-0.2, -0.15) is 0 Å². The lowest BCUT2D eigenvalue weighted by Crippen LogP contribution is -2.41. The van der Waals surface area contributed by atoms with Crippen molar-refractivity contribution in [3.8, 4) is 5.75 Å². The van der Waals surface area contributed by atoms with Crippen molar-refractivity contribution < 1.29 is 9.53 Å². The van der Waals surface area contributed by atoms with Gasteiger partial charge in [0.1, 0.15) is 17.4 Å². The molecule has 5 rings (SSSR count). The van der Waals surface area contributed by atoms with Gasteiger partial charge in [-0.15, -0.1) is 0 Å². The molecular formula is C25H32N4O2. The normalized spacial score (nSPS) is 22.2. The summed E-state index contributed by atoms with van der Waals surface area (Å²) in [7, 11) is 1.66. The molecule has 164 valence electrons. The molecule has 2 aliphatic heterocycles. The first-order valence-corrected chi connectivity index (χ1v) is 11.7. The number of methoxy groups -OCH3 is 1. The molecule has 1 saturated carbocycles. The number of hydrogen-bond donors (Lipinski definition) is 0. The van der Waals surface area contributed by atoms with Crippen LogP contribution in [0.3, 0.4) is 0 Å². The number of likely N-dealkylation sites (tertiary alicyclic amines) is 1. The van der Waals surface area contributed by atoms with Gasteiger partial charge < -0.3 is 4.74 Å². The van der Waals surface area contributed by atoms with Crippen LogP contribution in [0.4, 0.5) is 5.82 Å². The lowest BCUT2D eigenvalue weighted by molar-refractivity contribution is -0.117. The highest BCUT2D eigenvalue weighted by molar-refractivity contribution is 6.00. The Balaban J connectivity index is 1.39. The molecule has 3 heterocycles. The van der Waals surface area contributed by atoms with Crippen molar-refractivity contribution in [2.45, 2.75) is 70.4 Å². The van der Waals surface area contributed by atoms with Gasteiger partial charge in [0.15, 0.2) is 0 Å². The molecule has 3 aliphatic rings. The number of nitrogens with zero attached hydrogens (tertiary/aromatic N) is 4. The smallest absolute Gasteiger partial charge is 0.233 e. The maximum Gasteiger partial charge on any atom is 0.233 e. The molecule has 2 fully saturated rings. The van der Waals surface area contributed by atoms with Gasteiger partial charge >= 0.3 is 0 Å². The SMILES string of the molecule is COc1ccc(CN2C(=O)Cc3c(C)nc([C@H]4CCCN(C5CCCC5)C4)nc32)cc1. The molecule has 1 aromatic carbocycles. The minimum absolute atomic E-state index is 0.108. The molecule has 0 bridgehead atoms. The Morgan fingerprint density at radius 2 is 1.84 bits per heavy atom. The van der Waals surface area contributed by atoms with E-state index in [2.05, 4.69) is 4.90 Å². The summed E-state index contributed by atoms with van der Waals surface area (Å²) in [6.07, 6.45) is 8.13. The van der Waals surface area contributed by atoms with Crippen LogP contribution in [0.25, 0.3) is 0 Å². The lowest BCUT2D eigenvalue weighted by atomic mass is 9.95. The molecule has 31 heavy (non-hydrogen) atoms. The lowest BCUT2D eigenvalue weighted by Gasteiger charge is -2.36. The fraction of sp³-hybridized carbons (Fsp3) is 0.560. The topological polar surface area (TPSA) is 58.6 Å². The maximum atomic E-state index is 12.8. The Hall–Kier alpha value is -2.47. The number of amides is 1. The Labute approximate surface area is 184 Å². The zero-order valence-electron chi connectivity index (χ0n) is 18.6. The van der Waals surface area contributed by atoms with Crippen LogP contribution in [0.2, 0.25) is 0 Å². The summed E-state index contributed by atoms with van der Waals surface area (Å²) in [6.45, 7) is 4.82. The molecule has 1 atom stereocenters. The first kappa shape index (κ1) is 20.4. The minimum Gasteiger partial charge on any atom is -0.497 e. The van der Waals surface area contributed by atoms with Crippen molar-refractivity contribution in [1.29, 1.82) is 0 Å². The summed E-state index contributed by atoms with van der Waals surface area (Å²) in [5.74, 6) is 3.03. The van der Waals surface area contributed by atoms with E-state index < -0.39 is 0 Å². The molecule has 0 unspecified atom stereocenters. The van der Waals surface area contributed by atoms with Gasteiger partial charge in [0.05, 0.1) is 20.1 Å². The highest BCUT2D eigenvalue weighted by Gasteiger charge is 2.34. The summed E-state index contributed by atoms with van der Waals surface area (Å²) in [5, 5.41) is 0. The monoisotopic (exact) mass is 420 g/mol. The summed E-state index contributed by atoms with van der Waals surface area (Å²) < 4.78 is 5.26. The second-order valence-electron chi connectivity index (χ2n) is 9.25. The van der Waals surface area contributed by atoms with Crippen molar-refractivity contribution in [2.24, 2.45) is 0 Å². The molecule has 1 amide bonds. The first-order valence-electron chi connectivity index (χ1n) is 11.7. The average Bonchev–Trinajstić information content (AvgIpc) is 3.44. The van der Waals surface area contributed by atoms with Crippen LogP contribution >= 0.6 is 0 Å². The molecule has 6 nitrogen and oxygen atoms in total. The van der Waals surface area contributed by atoms with E-state index >= 15 is 0 Å². The van der Waals surface area contributed by atoms with E-state index in [1.54, 1.807) is 7.11 Å². The molecule has 1 saturated heterocycles. The Kier molecular flexibility index (Phi) is 5.65. The van der Waals surface area contributed by atoms with Gasteiger partial charge in [-0.1, -0.05) is 25.0 Å².